The molecule has 0 aromatic rings. The predicted molar refractivity (Wildman–Crippen MR) is 75.2 cm³/mol. The van der Waals surface area contributed by atoms with Gasteiger partial charge in [0.25, 0.3) is 0 Å². The molecule has 3 nitrogen and oxygen atoms in total. The van der Waals surface area contributed by atoms with E-state index in [9.17, 15) is 0 Å². The van der Waals surface area contributed by atoms with Crippen molar-refractivity contribution in [2.45, 2.75) is 59.5 Å². The van der Waals surface area contributed by atoms with E-state index in [-0.39, 0.29) is 0 Å². The summed E-state index contributed by atoms with van der Waals surface area (Å²) in [7, 11) is 1.75. The van der Waals surface area contributed by atoms with Crippen LogP contribution in [-0.4, -0.2) is 43.8 Å². The Balaban J connectivity index is 3.95. The number of methoxy groups -OCH3 is 1. The van der Waals surface area contributed by atoms with Gasteiger partial charge >= 0.3 is 0 Å². The molecule has 0 aliphatic rings. The summed E-state index contributed by atoms with van der Waals surface area (Å²) in [4.78, 5) is 2.44. The summed E-state index contributed by atoms with van der Waals surface area (Å²) in [5.41, 5.74) is 6.51. The molecular weight excluding hydrogens is 212 g/mol. The molecule has 0 aliphatic carbocycles. The minimum absolute atomic E-state index is 0.304. The van der Waals surface area contributed by atoms with Crippen molar-refractivity contribution in [1.82, 2.24) is 4.90 Å². The number of nitrogens with two attached hydrogens (primary N) is 1. The maximum atomic E-state index is 6.18. The molecule has 0 aromatic carbocycles. The van der Waals surface area contributed by atoms with E-state index in [1.54, 1.807) is 7.11 Å². The molecule has 0 fully saturated rings. The predicted octanol–water partition coefficient (Wildman–Crippen LogP) is 2.50. The second kappa shape index (κ2) is 8.06. The maximum Gasteiger partial charge on any atom is 0.0589 e. The Morgan fingerprint density at radius 3 is 2.18 bits per heavy atom. The van der Waals surface area contributed by atoms with E-state index in [4.69, 9.17) is 10.5 Å². The highest BCUT2D eigenvalue weighted by atomic mass is 16.5. The summed E-state index contributed by atoms with van der Waals surface area (Å²) in [5, 5.41) is 0. The van der Waals surface area contributed by atoms with Crippen LogP contribution in [0.15, 0.2) is 0 Å². The van der Waals surface area contributed by atoms with Crippen LogP contribution in [0, 0.1) is 5.41 Å². The van der Waals surface area contributed by atoms with E-state index in [0.29, 0.717) is 17.5 Å². The van der Waals surface area contributed by atoms with Crippen molar-refractivity contribution >= 4 is 0 Å². The van der Waals surface area contributed by atoms with E-state index in [2.05, 4.69) is 39.5 Å². The third-order valence-electron chi connectivity index (χ3n) is 2.97. The molecule has 0 saturated heterocycles. The number of hydrogen-bond acceptors (Lipinski definition) is 3. The summed E-state index contributed by atoms with van der Waals surface area (Å²) in [6.45, 7) is 14.1. The molecule has 0 heterocycles. The lowest BCUT2D eigenvalue weighted by Crippen LogP contribution is -2.38. The zero-order valence-corrected chi connectivity index (χ0v) is 12.6. The molecule has 0 spiro atoms. The number of nitrogens with zero attached hydrogens (tertiary/aromatic N) is 1. The molecule has 0 saturated carbocycles. The van der Waals surface area contributed by atoms with E-state index in [0.717, 1.165) is 32.5 Å². The van der Waals surface area contributed by atoms with Crippen LogP contribution in [-0.2, 0) is 4.74 Å². The van der Waals surface area contributed by atoms with Gasteiger partial charge in [-0.3, -0.25) is 4.90 Å². The topological polar surface area (TPSA) is 38.5 Å². The van der Waals surface area contributed by atoms with E-state index < -0.39 is 0 Å². The molecule has 1 atom stereocenters. The normalized spacial score (nSPS) is 14.6. The molecule has 104 valence electrons. The van der Waals surface area contributed by atoms with Crippen molar-refractivity contribution in [2.24, 2.45) is 11.1 Å². The second-order valence-electron chi connectivity index (χ2n) is 6.44. The van der Waals surface area contributed by atoms with Crippen LogP contribution in [0.25, 0.3) is 0 Å². The molecule has 3 heteroatoms. The Bertz CT molecular complexity index is 187. The molecule has 1 unspecified atom stereocenters. The molecule has 2 N–H and O–H groups in total. The smallest absolute Gasteiger partial charge is 0.0589 e. The SMILES string of the molecule is COCCN(CCC(N)CC(C)(C)C)C(C)C. The summed E-state index contributed by atoms with van der Waals surface area (Å²) >= 11 is 0. The highest BCUT2D eigenvalue weighted by molar-refractivity contribution is 4.74. The van der Waals surface area contributed by atoms with Crippen LogP contribution in [0.3, 0.4) is 0 Å². The number of rotatable bonds is 8. The fraction of sp³-hybridized carbons (Fsp3) is 1.00. The Morgan fingerprint density at radius 2 is 1.76 bits per heavy atom. The van der Waals surface area contributed by atoms with Gasteiger partial charge in [0.1, 0.15) is 0 Å². The van der Waals surface area contributed by atoms with Crippen LogP contribution in [0.1, 0.15) is 47.5 Å². The third-order valence-corrected chi connectivity index (χ3v) is 2.97. The largest absolute Gasteiger partial charge is 0.383 e. The zero-order chi connectivity index (χ0) is 13.5. The van der Waals surface area contributed by atoms with Crippen LogP contribution in [0.2, 0.25) is 0 Å². The van der Waals surface area contributed by atoms with E-state index in [1.807, 2.05) is 0 Å². The van der Waals surface area contributed by atoms with Crippen LogP contribution in [0.5, 0.6) is 0 Å². The lowest BCUT2D eigenvalue weighted by molar-refractivity contribution is 0.125. The average molecular weight is 244 g/mol. The minimum atomic E-state index is 0.304. The monoisotopic (exact) mass is 244 g/mol. The summed E-state index contributed by atoms with van der Waals surface area (Å²) in [6.07, 6.45) is 2.16. The fourth-order valence-corrected chi connectivity index (χ4v) is 2.06. The van der Waals surface area contributed by atoms with E-state index in [1.165, 1.54) is 0 Å². The van der Waals surface area contributed by atoms with Gasteiger partial charge in [-0.1, -0.05) is 20.8 Å². The first-order chi connectivity index (χ1) is 7.76. The Labute approximate surface area is 108 Å². The molecule has 0 amide bonds. The van der Waals surface area contributed by atoms with Crippen LogP contribution >= 0.6 is 0 Å². The molecule has 0 rings (SSSR count). The van der Waals surface area contributed by atoms with Crippen molar-refractivity contribution < 1.29 is 4.74 Å². The van der Waals surface area contributed by atoms with Crippen LogP contribution < -0.4 is 5.73 Å². The van der Waals surface area contributed by atoms with Gasteiger partial charge in [0, 0.05) is 25.7 Å². The first-order valence-corrected chi connectivity index (χ1v) is 6.75. The van der Waals surface area contributed by atoms with Crippen molar-refractivity contribution in [3.8, 4) is 0 Å². The molecule has 0 aromatic heterocycles. The summed E-state index contributed by atoms with van der Waals surface area (Å²) in [6, 6.07) is 0.866. The van der Waals surface area contributed by atoms with Crippen molar-refractivity contribution in [1.29, 1.82) is 0 Å². The standard InChI is InChI=1S/C14H32N2O/c1-12(2)16(9-10-17-6)8-7-13(15)11-14(3,4)5/h12-13H,7-11,15H2,1-6H3. The average Bonchev–Trinajstić information content (AvgIpc) is 2.14. The van der Waals surface area contributed by atoms with Gasteiger partial charge in [-0.2, -0.15) is 0 Å². The highest BCUT2D eigenvalue weighted by Gasteiger charge is 2.17. The fourth-order valence-electron chi connectivity index (χ4n) is 2.06. The van der Waals surface area contributed by atoms with Crippen molar-refractivity contribution in [3.63, 3.8) is 0 Å². The summed E-state index contributed by atoms with van der Waals surface area (Å²) in [5.74, 6) is 0. The van der Waals surface area contributed by atoms with Gasteiger partial charge < -0.3 is 10.5 Å². The lowest BCUT2D eigenvalue weighted by Gasteiger charge is -2.29. The van der Waals surface area contributed by atoms with Crippen molar-refractivity contribution in [3.05, 3.63) is 0 Å². The molecular formula is C14H32N2O. The first kappa shape index (κ1) is 16.9. The van der Waals surface area contributed by atoms with Gasteiger partial charge in [-0.05, 0) is 38.6 Å². The quantitative estimate of drug-likeness (QED) is 0.713. The van der Waals surface area contributed by atoms with E-state index >= 15 is 0 Å². The van der Waals surface area contributed by atoms with Crippen LogP contribution in [0.4, 0.5) is 0 Å². The first-order valence-electron chi connectivity index (χ1n) is 6.75. The van der Waals surface area contributed by atoms with Gasteiger partial charge in [-0.15, -0.1) is 0 Å². The molecule has 0 aliphatic heterocycles. The minimum Gasteiger partial charge on any atom is -0.383 e. The Hall–Kier alpha value is -0.120. The maximum absolute atomic E-state index is 6.18. The molecule has 17 heavy (non-hydrogen) atoms. The van der Waals surface area contributed by atoms with Crippen molar-refractivity contribution in [2.75, 3.05) is 26.8 Å². The van der Waals surface area contributed by atoms with Gasteiger partial charge in [0.15, 0.2) is 0 Å². The lowest BCUT2D eigenvalue weighted by atomic mass is 9.87. The number of hydrogen-bond donors (Lipinski definition) is 1. The van der Waals surface area contributed by atoms with Gasteiger partial charge in [0.05, 0.1) is 6.61 Å². The Kier molecular flexibility index (Phi) is 8.01. The summed E-state index contributed by atoms with van der Waals surface area (Å²) < 4.78 is 5.14. The third kappa shape index (κ3) is 9.57. The second-order valence-corrected chi connectivity index (χ2v) is 6.44. The Morgan fingerprint density at radius 1 is 1.18 bits per heavy atom. The number of ether oxygens (including phenoxy) is 1. The van der Waals surface area contributed by atoms with Gasteiger partial charge in [0.2, 0.25) is 0 Å². The highest BCUT2D eigenvalue weighted by Crippen LogP contribution is 2.21. The van der Waals surface area contributed by atoms with Gasteiger partial charge in [-0.25, -0.2) is 0 Å². The zero-order valence-electron chi connectivity index (χ0n) is 12.6. The molecule has 0 radical (unpaired) electrons. The molecule has 0 bridgehead atoms.